The van der Waals surface area contributed by atoms with Crippen molar-refractivity contribution in [2.45, 2.75) is 45.3 Å². The van der Waals surface area contributed by atoms with Crippen molar-refractivity contribution in [2.75, 3.05) is 12.3 Å². The number of amides is 1. The molecule has 1 aromatic rings. The monoisotopic (exact) mass is 267 g/mol. The molecule has 0 aliphatic carbocycles. The number of rotatable bonds is 1. The van der Waals surface area contributed by atoms with Crippen molar-refractivity contribution in [1.29, 1.82) is 0 Å². The summed E-state index contributed by atoms with van der Waals surface area (Å²) in [5.41, 5.74) is 5.19. The second kappa shape index (κ2) is 4.71. The average Bonchev–Trinajstić information content (AvgIpc) is 2.83. The number of hydrogen-bond donors (Lipinski definition) is 1. The Morgan fingerprint density at radius 3 is 2.68 bits per heavy atom. The van der Waals surface area contributed by atoms with Crippen LogP contribution in [0.15, 0.2) is 0 Å². The smallest absolute Gasteiger partial charge is 0.410 e. The minimum Gasteiger partial charge on any atom is -0.444 e. The average molecular weight is 267 g/mol. The number of nitrogen functional groups attached to an aromatic ring is 1. The van der Waals surface area contributed by atoms with Gasteiger partial charge < -0.3 is 10.5 Å². The molecule has 106 valence electrons. The second-order valence-electron chi connectivity index (χ2n) is 5.78. The molecule has 1 amide bonds. The van der Waals surface area contributed by atoms with Gasteiger partial charge in [-0.25, -0.2) is 9.48 Å². The predicted octanol–water partition coefficient (Wildman–Crippen LogP) is 1.47. The molecule has 19 heavy (non-hydrogen) atoms. The Kier molecular flexibility index (Phi) is 3.38. The van der Waals surface area contributed by atoms with Gasteiger partial charge in [0.15, 0.2) is 5.82 Å². The Morgan fingerprint density at radius 1 is 1.47 bits per heavy atom. The molecular formula is C12H21N5O2. The first-order valence-electron chi connectivity index (χ1n) is 6.44. The molecular weight excluding hydrogens is 246 g/mol. The summed E-state index contributed by atoms with van der Waals surface area (Å²) in [5.74, 6) is 0.939. The second-order valence-corrected chi connectivity index (χ2v) is 5.78. The third kappa shape index (κ3) is 2.97. The molecule has 0 spiro atoms. The maximum atomic E-state index is 12.1. The van der Waals surface area contributed by atoms with Crippen LogP contribution < -0.4 is 5.73 Å². The molecule has 2 rings (SSSR count). The van der Waals surface area contributed by atoms with Crippen molar-refractivity contribution in [3.63, 3.8) is 0 Å². The van der Waals surface area contributed by atoms with Crippen LogP contribution in [0.3, 0.4) is 0 Å². The lowest BCUT2D eigenvalue weighted by Gasteiger charge is -2.27. The van der Waals surface area contributed by atoms with E-state index in [0.717, 1.165) is 12.8 Å². The maximum absolute atomic E-state index is 12.1. The zero-order valence-corrected chi connectivity index (χ0v) is 11.9. The predicted molar refractivity (Wildman–Crippen MR) is 70.3 cm³/mol. The first kappa shape index (κ1) is 13.6. The van der Waals surface area contributed by atoms with E-state index in [1.54, 1.807) is 11.9 Å². The van der Waals surface area contributed by atoms with Crippen molar-refractivity contribution in [3.8, 4) is 0 Å². The fourth-order valence-electron chi connectivity index (χ4n) is 2.13. The van der Waals surface area contributed by atoms with Crippen molar-refractivity contribution in [2.24, 2.45) is 7.05 Å². The van der Waals surface area contributed by atoms with Crippen LogP contribution in [0.2, 0.25) is 0 Å². The molecule has 0 unspecified atom stereocenters. The lowest BCUT2D eigenvalue weighted by atomic mass is 10.2. The molecule has 1 aliphatic heterocycles. The number of anilines is 1. The van der Waals surface area contributed by atoms with Crippen molar-refractivity contribution in [3.05, 3.63) is 5.82 Å². The number of nitrogens with zero attached hydrogens (tertiary/aromatic N) is 4. The number of nitrogens with two attached hydrogens (primary N) is 1. The zero-order chi connectivity index (χ0) is 14.2. The minimum atomic E-state index is -0.499. The Balaban J connectivity index is 2.15. The van der Waals surface area contributed by atoms with Crippen LogP contribution in [0.5, 0.6) is 0 Å². The van der Waals surface area contributed by atoms with E-state index < -0.39 is 5.60 Å². The van der Waals surface area contributed by atoms with Crippen LogP contribution in [-0.4, -0.2) is 37.9 Å². The van der Waals surface area contributed by atoms with Gasteiger partial charge in [-0.2, -0.15) is 10.1 Å². The highest BCUT2D eigenvalue weighted by Crippen LogP contribution is 2.31. The van der Waals surface area contributed by atoms with E-state index in [1.165, 1.54) is 4.68 Å². The van der Waals surface area contributed by atoms with Crippen LogP contribution in [0.25, 0.3) is 0 Å². The van der Waals surface area contributed by atoms with Crippen LogP contribution in [0, 0.1) is 0 Å². The molecule has 0 bridgehead atoms. The molecule has 1 atom stereocenters. The Bertz CT molecular complexity index is 457. The summed E-state index contributed by atoms with van der Waals surface area (Å²) in [4.78, 5) is 18.0. The molecule has 0 aromatic carbocycles. The van der Waals surface area contributed by atoms with E-state index in [-0.39, 0.29) is 12.1 Å². The summed E-state index contributed by atoms with van der Waals surface area (Å²) in [6.45, 7) is 6.23. The lowest BCUT2D eigenvalue weighted by molar-refractivity contribution is 0.0218. The van der Waals surface area contributed by atoms with Gasteiger partial charge in [-0.05, 0) is 33.6 Å². The SMILES string of the molecule is Cn1nc([C@@H]2CCCN2C(=O)OC(C)(C)C)nc1N. The topological polar surface area (TPSA) is 86.3 Å². The van der Waals surface area contributed by atoms with Crippen molar-refractivity contribution >= 4 is 12.0 Å². The summed E-state index contributed by atoms with van der Waals surface area (Å²) < 4.78 is 6.92. The van der Waals surface area contributed by atoms with Gasteiger partial charge in [0.25, 0.3) is 0 Å². The minimum absolute atomic E-state index is 0.140. The molecule has 2 N–H and O–H groups in total. The van der Waals surface area contributed by atoms with Gasteiger partial charge in [-0.1, -0.05) is 0 Å². The number of carbonyl (C=O) groups excluding carboxylic acids is 1. The van der Waals surface area contributed by atoms with Crippen LogP contribution in [-0.2, 0) is 11.8 Å². The van der Waals surface area contributed by atoms with Gasteiger partial charge in [-0.3, -0.25) is 4.90 Å². The van der Waals surface area contributed by atoms with Crippen LogP contribution in [0.4, 0.5) is 10.7 Å². The first-order chi connectivity index (χ1) is 8.78. The molecule has 2 heterocycles. The highest BCUT2D eigenvalue weighted by molar-refractivity contribution is 5.69. The number of likely N-dealkylation sites (tertiary alicyclic amines) is 1. The van der Waals surface area contributed by atoms with E-state index in [0.29, 0.717) is 18.3 Å². The molecule has 0 radical (unpaired) electrons. The molecule has 0 saturated carbocycles. The molecule has 7 heteroatoms. The van der Waals surface area contributed by atoms with E-state index in [1.807, 2.05) is 20.8 Å². The van der Waals surface area contributed by atoms with Gasteiger partial charge in [-0.15, -0.1) is 0 Å². The summed E-state index contributed by atoms with van der Waals surface area (Å²) in [5, 5.41) is 4.25. The largest absolute Gasteiger partial charge is 0.444 e. The first-order valence-corrected chi connectivity index (χ1v) is 6.44. The maximum Gasteiger partial charge on any atom is 0.410 e. The highest BCUT2D eigenvalue weighted by Gasteiger charge is 2.35. The quantitative estimate of drug-likeness (QED) is 0.832. The fourth-order valence-corrected chi connectivity index (χ4v) is 2.13. The third-order valence-electron chi connectivity index (χ3n) is 2.99. The highest BCUT2D eigenvalue weighted by atomic mass is 16.6. The third-order valence-corrected chi connectivity index (χ3v) is 2.99. The summed E-state index contributed by atoms with van der Waals surface area (Å²) in [7, 11) is 1.73. The number of carbonyl (C=O) groups is 1. The van der Waals surface area contributed by atoms with Crippen molar-refractivity contribution in [1.82, 2.24) is 19.7 Å². The van der Waals surface area contributed by atoms with Crippen molar-refractivity contribution < 1.29 is 9.53 Å². The molecule has 7 nitrogen and oxygen atoms in total. The zero-order valence-electron chi connectivity index (χ0n) is 11.9. The normalized spacial score (nSPS) is 19.8. The number of aryl methyl sites for hydroxylation is 1. The van der Waals surface area contributed by atoms with E-state index in [9.17, 15) is 4.79 Å². The van der Waals surface area contributed by atoms with E-state index >= 15 is 0 Å². The standard InChI is InChI=1S/C12H21N5O2/c1-12(2,3)19-11(18)17-7-5-6-8(17)9-14-10(13)16(4)15-9/h8H,5-7H2,1-4H3,(H2,13,14,15)/t8-/m0/s1. The molecule has 1 fully saturated rings. The fraction of sp³-hybridized carbons (Fsp3) is 0.750. The Hall–Kier alpha value is -1.79. The van der Waals surface area contributed by atoms with Gasteiger partial charge in [0.1, 0.15) is 5.60 Å². The Morgan fingerprint density at radius 2 is 2.16 bits per heavy atom. The number of aromatic nitrogens is 3. The summed E-state index contributed by atoms with van der Waals surface area (Å²) >= 11 is 0. The Labute approximate surface area is 112 Å². The van der Waals surface area contributed by atoms with Gasteiger partial charge >= 0.3 is 6.09 Å². The summed E-state index contributed by atoms with van der Waals surface area (Å²) in [6, 6.07) is -0.140. The lowest BCUT2D eigenvalue weighted by Crippen LogP contribution is -2.36. The molecule has 1 aromatic heterocycles. The number of hydrogen-bond acceptors (Lipinski definition) is 5. The van der Waals surface area contributed by atoms with E-state index in [2.05, 4.69) is 10.1 Å². The van der Waals surface area contributed by atoms with Gasteiger partial charge in [0.05, 0.1) is 6.04 Å². The van der Waals surface area contributed by atoms with Gasteiger partial charge in [0, 0.05) is 13.6 Å². The number of ether oxygens (including phenoxy) is 1. The molecule has 1 aliphatic rings. The van der Waals surface area contributed by atoms with Crippen LogP contribution in [0.1, 0.15) is 45.5 Å². The van der Waals surface area contributed by atoms with Gasteiger partial charge in [0.2, 0.25) is 5.95 Å². The van der Waals surface area contributed by atoms with E-state index in [4.69, 9.17) is 10.5 Å². The summed E-state index contributed by atoms with van der Waals surface area (Å²) in [6.07, 6.45) is 1.44. The molecule has 1 saturated heterocycles. The van der Waals surface area contributed by atoms with Crippen LogP contribution >= 0.6 is 0 Å².